The number of hydrogen-bond acceptors (Lipinski definition) is 2. The van der Waals surface area contributed by atoms with Gasteiger partial charge in [0.25, 0.3) is 0 Å². The summed E-state index contributed by atoms with van der Waals surface area (Å²) in [5.41, 5.74) is 0. The van der Waals surface area contributed by atoms with Gasteiger partial charge in [0.2, 0.25) is 0 Å². The van der Waals surface area contributed by atoms with Crippen LogP contribution in [0.15, 0.2) is 91.0 Å². The maximum absolute atomic E-state index is 7.13. The normalized spacial score (nSPS) is 8.09. The molecule has 0 bridgehead atoms. The summed E-state index contributed by atoms with van der Waals surface area (Å²) in [4.78, 5) is 0. The molecule has 2 nitrogen and oxygen atoms in total. The van der Waals surface area contributed by atoms with Crippen LogP contribution in [0.4, 0.5) is 0 Å². The van der Waals surface area contributed by atoms with Gasteiger partial charge in [-0.25, -0.2) is 5.26 Å². The Kier molecular flexibility index (Phi) is 37.7. The number of quaternary nitrogens is 1. The Morgan fingerprint density at radius 3 is 0.812 bits per heavy atom. The Labute approximate surface area is 230 Å². The van der Waals surface area contributed by atoms with Crippen molar-refractivity contribution in [1.82, 2.24) is 0 Å². The van der Waals surface area contributed by atoms with Crippen LogP contribution in [0.2, 0.25) is 0 Å². The Balaban J connectivity index is -0.000000155. The molecule has 32 heavy (non-hydrogen) atoms. The molecule has 0 saturated carbocycles. The zero-order valence-electron chi connectivity index (χ0n) is 19.7. The molecule has 3 aromatic carbocycles. The van der Waals surface area contributed by atoms with Crippen LogP contribution in [0.5, 0.6) is 0 Å². The van der Waals surface area contributed by atoms with E-state index in [1.54, 1.807) is 0 Å². The smallest absolute Gasteiger partial charge is 1.00 e. The van der Waals surface area contributed by atoms with E-state index in [0.29, 0.717) is 0 Å². The first-order valence-corrected chi connectivity index (χ1v) is 10.7. The van der Waals surface area contributed by atoms with Gasteiger partial charge in [0.1, 0.15) is 0 Å². The van der Waals surface area contributed by atoms with Crippen molar-refractivity contribution in [3.05, 3.63) is 109 Å². The average Bonchev–Trinajstić information content (AvgIpc) is 2.86. The fraction of sp³-hybridized carbons (Fsp3) is 0.296. The topological polar surface area (TPSA) is 23.8 Å². The predicted molar refractivity (Wildman–Crippen MR) is 137 cm³/mol. The van der Waals surface area contributed by atoms with Gasteiger partial charge in [0.15, 0.2) is 0 Å². The van der Waals surface area contributed by atoms with Crippen LogP contribution >= 0.6 is 0 Å². The van der Waals surface area contributed by atoms with Crippen LogP contribution < -0.4 is 17.0 Å². The second-order valence-corrected chi connectivity index (χ2v) is 6.11. The monoisotopic (exact) mass is 618 g/mol. The first kappa shape index (κ1) is 37.9. The van der Waals surface area contributed by atoms with Crippen molar-refractivity contribution in [2.45, 2.75) is 27.7 Å². The quantitative estimate of drug-likeness (QED) is 0.148. The van der Waals surface area contributed by atoms with Crippen molar-refractivity contribution in [3.8, 4) is 5.40 Å². The van der Waals surface area contributed by atoms with Gasteiger partial charge in [0.05, 0.1) is 26.2 Å². The number of rotatable bonds is 4. The van der Waals surface area contributed by atoms with E-state index in [1.165, 1.54) is 36.1 Å². The number of thiocyanates is 1. The van der Waals surface area contributed by atoms with Crippen molar-refractivity contribution in [3.63, 3.8) is 0 Å². The molecule has 0 heterocycles. The van der Waals surface area contributed by atoms with Crippen LogP contribution in [0.1, 0.15) is 27.7 Å². The minimum absolute atomic E-state index is 0. The maximum atomic E-state index is 7.13. The molecular formula is C27H35BrN2SSn. The minimum Gasteiger partial charge on any atom is -1.00 e. The third kappa shape index (κ3) is 26.6. The molecule has 3 aromatic rings. The van der Waals surface area contributed by atoms with Gasteiger partial charge in [-0.05, 0) is 27.7 Å². The van der Waals surface area contributed by atoms with Crippen molar-refractivity contribution in [1.29, 1.82) is 5.26 Å². The molecular weight excluding hydrogens is 583 g/mol. The van der Waals surface area contributed by atoms with E-state index in [9.17, 15) is 0 Å². The molecule has 0 saturated heterocycles. The maximum Gasteiger partial charge on any atom is 4.00 e. The molecule has 0 aliphatic carbocycles. The second-order valence-electron chi connectivity index (χ2n) is 5.93. The summed E-state index contributed by atoms with van der Waals surface area (Å²) in [7, 11) is 0. The zero-order valence-corrected chi connectivity index (χ0v) is 24.9. The standard InChI is InChI=1S/C8H20N.3C6H5.CHNS.BrH.Sn/c1-5-9(6-2,7-3)8-4;3*1-2-4-6-5-3-1;2-1-3;;/h5-8H2,1-4H3;3*1-5H;3H;1H;/q+1;3*-1;;;+4/p-2. The number of nitrogens with zero attached hydrogens (tertiary/aromatic N) is 2. The van der Waals surface area contributed by atoms with Crippen LogP contribution in [-0.4, -0.2) is 54.6 Å². The Morgan fingerprint density at radius 2 is 0.781 bits per heavy atom. The van der Waals surface area contributed by atoms with Crippen molar-refractivity contribution in [2.75, 3.05) is 26.2 Å². The summed E-state index contributed by atoms with van der Waals surface area (Å²) in [6.45, 7) is 14.2. The Morgan fingerprint density at radius 1 is 0.594 bits per heavy atom. The summed E-state index contributed by atoms with van der Waals surface area (Å²) < 4.78 is 1.28. The summed E-state index contributed by atoms with van der Waals surface area (Å²) in [5.74, 6) is 0. The fourth-order valence-electron chi connectivity index (χ4n) is 2.37. The molecule has 0 radical (unpaired) electrons. The molecule has 0 aromatic heterocycles. The second kappa shape index (κ2) is 31.8. The zero-order chi connectivity index (χ0) is 22.8. The van der Waals surface area contributed by atoms with Crippen LogP contribution in [-0.2, 0) is 12.6 Å². The van der Waals surface area contributed by atoms with E-state index in [2.05, 4.69) is 58.5 Å². The molecule has 0 unspecified atom stereocenters. The largest absolute Gasteiger partial charge is 4.00 e. The van der Waals surface area contributed by atoms with Crippen molar-refractivity contribution < 1.29 is 21.5 Å². The number of nitriles is 1. The molecule has 0 spiro atoms. The van der Waals surface area contributed by atoms with Gasteiger partial charge in [-0.1, -0.05) is 5.40 Å². The van der Waals surface area contributed by atoms with Gasteiger partial charge >= 0.3 is 23.9 Å². The van der Waals surface area contributed by atoms with Crippen molar-refractivity contribution >= 4 is 36.5 Å². The van der Waals surface area contributed by atoms with E-state index in [-0.39, 0.29) is 40.9 Å². The molecule has 3 rings (SSSR count). The van der Waals surface area contributed by atoms with Crippen molar-refractivity contribution in [2.24, 2.45) is 0 Å². The van der Waals surface area contributed by atoms with E-state index < -0.39 is 0 Å². The van der Waals surface area contributed by atoms with Gasteiger partial charge in [-0.3, -0.25) is 0 Å². The van der Waals surface area contributed by atoms with Gasteiger partial charge in [-0.15, -0.1) is 0 Å². The van der Waals surface area contributed by atoms with Crippen LogP contribution in [0.25, 0.3) is 0 Å². The fourth-order valence-corrected chi connectivity index (χ4v) is 2.37. The minimum atomic E-state index is 0. The van der Waals surface area contributed by atoms with Gasteiger partial charge in [0, 0.05) is 0 Å². The summed E-state index contributed by atoms with van der Waals surface area (Å²) >= 11 is 3.70. The molecule has 5 heteroatoms. The number of halogens is 1. The molecule has 0 aliphatic heterocycles. The summed E-state index contributed by atoms with van der Waals surface area (Å²) in [5, 5.41) is 8.47. The summed E-state index contributed by atoms with van der Waals surface area (Å²) in [6, 6.07) is 37.5. The summed E-state index contributed by atoms with van der Waals surface area (Å²) in [6.07, 6.45) is 0. The third-order valence-corrected chi connectivity index (χ3v) is 4.50. The molecule has 0 amide bonds. The van der Waals surface area contributed by atoms with Crippen LogP contribution in [0.3, 0.4) is 0 Å². The van der Waals surface area contributed by atoms with E-state index in [0.717, 1.165) is 0 Å². The average molecular weight is 618 g/mol. The first-order valence-electron chi connectivity index (χ1n) is 10.3. The van der Waals surface area contributed by atoms with Crippen LogP contribution in [0, 0.1) is 28.9 Å². The number of benzene rings is 3. The molecule has 0 fully saturated rings. The van der Waals surface area contributed by atoms with E-state index in [4.69, 9.17) is 5.26 Å². The predicted octanol–water partition coefficient (Wildman–Crippen LogP) is 2.98. The van der Waals surface area contributed by atoms with Gasteiger partial charge < -0.3 is 34.1 Å². The Hall–Kier alpha value is -1.39. The molecule has 0 aliphatic rings. The molecule has 0 N–H and O–H groups in total. The number of hydrogen-bond donors (Lipinski definition) is 0. The van der Waals surface area contributed by atoms with Gasteiger partial charge in [-0.2, -0.15) is 109 Å². The van der Waals surface area contributed by atoms with E-state index >= 15 is 0 Å². The Bertz CT molecular complexity index is 519. The van der Waals surface area contributed by atoms with E-state index in [1.807, 2.05) is 91.0 Å². The third-order valence-electron chi connectivity index (χ3n) is 4.50. The molecule has 170 valence electrons. The first-order chi connectivity index (χ1) is 14.7. The molecule has 0 atom stereocenters. The SMILES string of the molecule is CC[N+](CC)(CC)CC.N#C[S-].[Br-].[Sn+4].[c-]1ccccc1.[c-]1ccccc1.[c-]1ccccc1.